The zero-order valence-corrected chi connectivity index (χ0v) is 11.0. The van der Waals surface area contributed by atoms with Crippen LogP contribution in [0.15, 0.2) is 12.2 Å². The molecule has 0 aliphatic heterocycles. The number of aliphatic hydroxyl groups excluding tert-OH is 3. The molecule has 0 saturated heterocycles. The first-order chi connectivity index (χ1) is 7.60. The molecule has 1 fully saturated rings. The molecule has 4 heteroatoms. The average molecular weight is 244 g/mol. The van der Waals surface area contributed by atoms with Gasteiger partial charge in [0.05, 0.1) is 23.9 Å². The van der Waals surface area contributed by atoms with Crippen LogP contribution in [0.2, 0.25) is 0 Å². The summed E-state index contributed by atoms with van der Waals surface area (Å²) in [5.74, 6) is -0.414. The highest BCUT2D eigenvalue weighted by Gasteiger charge is 2.53. The third-order valence-electron chi connectivity index (χ3n) is 3.99. The van der Waals surface area contributed by atoms with E-state index in [4.69, 9.17) is 0 Å². The van der Waals surface area contributed by atoms with Crippen molar-refractivity contribution in [2.45, 2.75) is 58.0 Å². The molecule has 1 aliphatic carbocycles. The molecule has 5 atom stereocenters. The van der Waals surface area contributed by atoms with E-state index in [1.807, 2.05) is 13.8 Å². The van der Waals surface area contributed by atoms with Crippen molar-refractivity contribution < 1.29 is 20.4 Å². The Bertz CT molecular complexity index is 274. The van der Waals surface area contributed by atoms with Gasteiger partial charge in [0.15, 0.2) is 0 Å². The van der Waals surface area contributed by atoms with E-state index < -0.39 is 35.2 Å². The minimum atomic E-state index is -1.30. The van der Waals surface area contributed by atoms with E-state index in [9.17, 15) is 20.4 Å². The van der Waals surface area contributed by atoms with Crippen LogP contribution >= 0.6 is 0 Å². The third-order valence-corrected chi connectivity index (χ3v) is 3.99. The van der Waals surface area contributed by atoms with E-state index in [-0.39, 0.29) is 6.42 Å². The van der Waals surface area contributed by atoms with Crippen LogP contribution < -0.4 is 0 Å². The first kappa shape index (κ1) is 14.6. The van der Waals surface area contributed by atoms with Gasteiger partial charge in [-0.25, -0.2) is 0 Å². The predicted octanol–water partition coefficient (Wildman–Crippen LogP) is 0.442. The molecule has 1 rings (SSSR count). The molecule has 4 N–H and O–H groups in total. The lowest BCUT2D eigenvalue weighted by molar-refractivity contribution is -0.187. The maximum Gasteiger partial charge on any atom is 0.0946 e. The Morgan fingerprint density at radius 3 is 2.18 bits per heavy atom. The van der Waals surface area contributed by atoms with Gasteiger partial charge in [0.25, 0.3) is 0 Å². The average Bonchev–Trinajstić information content (AvgIpc) is 2.14. The summed E-state index contributed by atoms with van der Waals surface area (Å²) in [6.45, 7) is 6.90. The van der Waals surface area contributed by atoms with Gasteiger partial charge in [-0.2, -0.15) is 0 Å². The van der Waals surface area contributed by atoms with Gasteiger partial charge in [0, 0.05) is 12.3 Å². The van der Waals surface area contributed by atoms with Gasteiger partial charge in [-0.3, -0.25) is 0 Å². The van der Waals surface area contributed by atoms with E-state index in [0.29, 0.717) is 0 Å². The SMILES string of the molecule is C[C@@H](O)C=C[C@@H]1C(C)(C)[C@H](O)C[C@@H](O)[C@]1(C)O. The van der Waals surface area contributed by atoms with Crippen LogP contribution in [-0.2, 0) is 0 Å². The number of hydrogen-bond acceptors (Lipinski definition) is 4. The predicted molar refractivity (Wildman–Crippen MR) is 65.3 cm³/mol. The van der Waals surface area contributed by atoms with Crippen molar-refractivity contribution >= 4 is 0 Å². The Balaban J connectivity index is 3.07. The van der Waals surface area contributed by atoms with Gasteiger partial charge >= 0.3 is 0 Å². The molecule has 0 bridgehead atoms. The van der Waals surface area contributed by atoms with Gasteiger partial charge in [-0.15, -0.1) is 0 Å². The van der Waals surface area contributed by atoms with E-state index in [1.165, 1.54) is 0 Å². The third kappa shape index (κ3) is 2.71. The molecule has 17 heavy (non-hydrogen) atoms. The maximum atomic E-state index is 10.4. The highest BCUT2D eigenvalue weighted by atomic mass is 16.3. The second-order valence-electron chi connectivity index (χ2n) is 5.92. The summed E-state index contributed by atoms with van der Waals surface area (Å²) >= 11 is 0. The summed E-state index contributed by atoms with van der Waals surface area (Å²) in [5, 5.41) is 39.5. The fourth-order valence-corrected chi connectivity index (χ4v) is 2.64. The molecule has 0 aromatic rings. The van der Waals surface area contributed by atoms with Gasteiger partial charge in [-0.1, -0.05) is 26.0 Å². The van der Waals surface area contributed by atoms with Crippen molar-refractivity contribution in [3.05, 3.63) is 12.2 Å². The van der Waals surface area contributed by atoms with E-state index >= 15 is 0 Å². The lowest BCUT2D eigenvalue weighted by atomic mass is 9.59. The van der Waals surface area contributed by atoms with Gasteiger partial charge < -0.3 is 20.4 Å². The first-order valence-electron chi connectivity index (χ1n) is 6.05. The van der Waals surface area contributed by atoms with Crippen LogP contribution in [0.1, 0.15) is 34.1 Å². The zero-order valence-electron chi connectivity index (χ0n) is 11.0. The fraction of sp³-hybridized carbons (Fsp3) is 0.846. The normalized spacial score (nSPS) is 43.9. The Morgan fingerprint density at radius 1 is 1.18 bits per heavy atom. The summed E-state index contributed by atoms with van der Waals surface area (Å²) in [7, 11) is 0. The molecule has 0 amide bonds. The lowest BCUT2D eigenvalue weighted by Gasteiger charge is -2.51. The molecule has 0 aromatic carbocycles. The van der Waals surface area contributed by atoms with Crippen molar-refractivity contribution in [2.24, 2.45) is 11.3 Å². The topological polar surface area (TPSA) is 80.9 Å². The van der Waals surface area contributed by atoms with Gasteiger partial charge in [0.2, 0.25) is 0 Å². The Labute approximate surface area is 103 Å². The molecule has 1 aliphatic rings. The zero-order chi connectivity index (χ0) is 13.4. The van der Waals surface area contributed by atoms with Gasteiger partial charge in [-0.05, 0) is 19.3 Å². The molecular weight excluding hydrogens is 220 g/mol. The second kappa shape index (κ2) is 4.69. The largest absolute Gasteiger partial charge is 0.392 e. The summed E-state index contributed by atoms with van der Waals surface area (Å²) < 4.78 is 0. The van der Waals surface area contributed by atoms with Crippen LogP contribution in [0.3, 0.4) is 0 Å². The molecule has 0 aromatic heterocycles. The molecule has 0 radical (unpaired) electrons. The van der Waals surface area contributed by atoms with Crippen LogP contribution in [0.5, 0.6) is 0 Å². The van der Waals surface area contributed by atoms with Crippen molar-refractivity contribution in [3.63, 3.8) is 0 Å². The lowest BCUT2D eigenvalue weighted by Crippen LogP contribution is -2.60. The summed E-state index contributed by atoms with van der Waals surface area (Å²) in [6.07, 6.45) is 1.18. The van der Waals surface area contributed by atoms with Crippen LogP contribution in [0.25, 0.3) is 0 Å². The molecule has 0 heterocycles. The fourth-order valence-electron chi connectivity index (χ4n) is 2.64. The van der Waals surface area contributed by atoms with Crippen molar-refractivity contribution in [1.82, 2.24) is 0 Å². The maximum absolute atomic E-state index is 10.4. The minimum absolute atomic E-state index is 0.166. The van der Waals surface area contributed by atoms with Crippen LogP contribution in [-0.4, -0.2) is 44.3 Å². The minimum Gasteiger partial charge on any atom is -0.392 e. The summed E-state index contributed by atoms with van der Waals surface area (Å²) in [5.41, 5.74) is -1.84. The number of hydrogen-bond donors (Lipinski definition) is 4. The quantitative estimate of drug-likeness (QED) is 0.531. The Morgan fingerprint density at radius 2 is 1.71 bits per heavy atom. The molecule has 0 spiro atoms. The Kier molecular flexibility index (Phi) is 4.04. The smallest absolute Gasteiger partial charge is 0.0946 e. The standard InChI is InChI=1S/C13H24O4/c1-8(14)5-6-9-12(2,3)10(15)7-11(16)13(9,4)17/h5-6,8-11,14-17H,7H2,1-4H3/t8-,9-,10-,11-,13-/m1/s1. The first-order valence-corrected chi connectivity index (χ1v) is 6.05. The van der Waals surface area contributed by atoms with Crippen molar-refractivity contribution in [1.29, 1.82) is 0 Å². The number of aliphatic hydroxyl groups is 4. The summed E-state index contributed by atoms with van der Waals surface area (Å²) in [6, 6.07) is 0. The molecule has 1 saturated carbocycles. The monoisotopic (exact) mass is 244 g/mol. The molecule has 0 unspecified atom stereocenters. The highest BCUT2D eigenvalue weighted by molar-refractivity contribution is 5.12. The number of rotatable bonds is 2. The highest BCUT2D eigenvalue weighted by Crippen LogP contribution is 2.47. The van der Waals surface area contributed by atoms with Gasteiger partial charge in [0.1, 0.15) is 0 Å². The Hall–Kier alpha value is -0.420. The molecule has 100 valence electrons. The van der Waals surface area contributed by atoms with Crippen LogP contribution in [0.4, 0.5) is 0 Å². The summed E-state index contributed by atoms with van der Waals surface area (Å²) in [4.78, 5) is 0. The van der Waals surface area contributed by atoms with E-state index in [0.717, 1.165) is 0 Å². The molecular formula is C13H24O4. The van der Waals surface area contributed by atoms with Crippen LogP contribution in [0, 0.1) is 11.3 Å². The van der Waals surface area contributed by atoms with E-state index in [2.05, 4.69) is 0 Å². The van der Waals surface area contributed by atoms with E-state index in [1.54, 1.807) is 26.0 Å². The van der Waals surface area contributed by atoms with Crippen molar-refractivity contribution in [2.75, 3.05) is 0 Å². The molecule has 4 nitrogen and oxygen atoms in total. The van der Waals surface area contributed by atoms with Crippen molar-refractivity contribution in [3.8, 4) is 0 Å². The second-order valence-corrected chi connectivity index (χ2v) is 5.92.